The highest BCUT2D eigenvalue weighted by Gasteiger charge is 2.51. The van der Waals surface area contributed by atoms with Gasteiger partial charge >= 0.3 is 7.12 Å². The number of carbonyl (C=O) groups is 1. The number of rotatable bonds is 2. The summed E-state index contributed by atoms with van der Waals surface area (Å²) in [6, 6.07) is 3.99. The molecular weight excluding hydrogens is 264 g/mol. The summed E-state index contributed by atoms with van der Waals surface area (Å²) >= 11 is 0. The van der Waals surface area contributed by atoms with Gasteiger partial charge in [0, 0.05) is 0 Å². The molecule has 0 aliphatic carbocycles. The van der Waals surface area contributed by atoms with E-state index in [1.54, 1.807) is 0 Å². The van der Waals surface area contributed by atoms with E-state index in [4.69, 9.17) is 14.5 Å². The molecule has 5 nitrogen and oxygen atoms in total. The predicted molar refractivity (Wildman–Crippen MR) is 71.4 cm³/mol. The van der Waals surface area contributed by atoms with Gasteiger partial charge in [-0.3, -0.25) is 10.0 Å². The highest BCUT2D eigenvalue weighted by atomic mass is 19.1. The molecule has 7 heteroatoms. The number of hydroxylamine groups is 1. The van der Waals surface area contributed by atoms with Gasteiger partial charge in [-0.2, -0.15) is 0 Å². The average Bonchev–Trinajstić information content (AvgIpc) is 2.57. The van der Waals surface area contributed by atoms with Crippen molar-refractivity contribution in [2.75, 3.05) is 0 Å². The van der Waals surface area contributed by atoms with Crippen LogP contribution in [0.25, 0.3) is 0 Å². The first kappa shape index (κ1) is 15.0. The maximum atomic E-state index is 13.8. The van der Waals surface area contributed by atoms with Crippen LogP contribution in [-0.4, -0.2) is 29.4 Å². The zero-order chi connectivity index (χ0) is 15.1. The summed E-state index contributed by atoms with van der Waals surface area (Å²) in [5.74, 6) is -1.65. The molecule has 0 aromatic heterocycles. The standard InChI is InChI=1S/C13H17BFNO4/c1-12(2)13(3,4)20-14(19-12)8-5-6-9(10(15)7-8)11(17)16-18/h5-7,18H,1-4H3,(H,16,17). The average molecular weight is 281 g/mol. The highest BCUT2D eigenvalue weighted by molar-refractivity contribution is 6.62. The number of amides is 1. The second kappa shape index (κ2) is 4.84. The molecule has 1 aromatic rings. The number of hydrogen-bond acceptors (Lipinski definition) is 4. The lowest BCUT2D eigenvalue weighted by molar-refractivity contribution is 0.00578. The van der Waals surface area contributed by atoms with Crippen molar-refractivity contribution in [2.24, 2.45) is 0 Å². The number of benzene rings is 1. The summed E-state index contributed by atoms with van der Waals surface area (Å²) in [7, 11) is -0.694. The molecule has 1 aliphatic heterocycles. The summed E-state index contributed by atoms with van der Waals surface area (Å²) in [6.07, 6.45) is 0. The van der Waals surface area contributed by atoms with Gasteiger partial charge in [0.15, 0.2) is 0 Å². The van der Waals surface area contributed by atoms with Gasteiger partial charge < -0.3 is 9.31 Å². The Morgan fingerprint density at radius 3 is 2.25 bits per heavy atom. The molecular formula is C13H17BFNO4. The normalized spacial score (nSPS) is 20.0. The van der Waals surface area contributed by atoms with Crippen LogP contribution in [-0.2, 0) is 9.31 Å². The van der Waals surface area contributed by atoms with Crippen LogP contribution >= 0.6 is 0 Å². The smallest absolute Gasteiger partial charge is 0.399 e. The molecule has 1 aliphatic rings. The third-order valence-corrected chi connectivity index (χ3v) is 3.86. The minimum atomic E-state index is -0.900. The molecule has 20 heavy (non-hydrogen) atoms. The molecule has 1 amide bonds. The van der Waals surface area contributed by atoms with Crippen LogP contribution in [0.2, 0.25) is 0 Å². The summed E-state index contributed by atoms with van der Waals surface area (Å²) in [5, 5.41) is 8.52. The summed E-state index contributed by atoms with van der Waals surface area (Å²) in [6.45, 7) is 7.60. The maximum Gasteiger partial charge on any atom is 0.494 e. The third kappa shape index (κ3) is 2.44. The van der Waals surface area contributed by atoms with E-state index in [2.05, 4.69) is 0 Å². The summed E-state index contributed by atoms with van der Waals surface area (Å²) in [4.78, 5) is 11.2. The quantitative estimate of drug-likeness (QED) is 0.486. The van der Waals surface area contributed by atoms with E-state index < -0.39 is 30.0 Å². The summed E-state index contributed by atoms with van der Waals surface area (Å²) in [5.41, 5.74) is 0.598. The van der Waals surface area contributed by atoms with Crippen LogP contribution in [0.1, 0.15) is 38.1 Å². The Hall–Kier alpha value is -1.44. The van der Waals surface area contributed by atoms with Gasteiger partial charge in [0.2, 0.25) is 0 Å². The van der Waals surface area contributed by atoms with Gasteiger partial charge in [0.05, 0.1) is 16.8 Å². The minimum Gasteiger partial charge on any atom is -0.399 e. The topological polar surface area (TPSA) is 67.8 Å². The molecule has 0 saturated carbocycles. The Labute approximate surface area is 117 Å². The first-order chi connectivity index (χ1) is 9.18. The van der Waals surface area contributed by atoms with E-state index in [0.717, 1.165) is 0 Å². The van der Waals surface area contributed by atoms with Crippen molar-refractivity contribution in [3.05, 3.63) is 29.6 Å². The number of carbonyl (C=O) groups excluding carboxylic acids is 1. The second-order valence-electron chi connectivity index (χ2n) is 5.77. The van der Waals surface area contributed by atoms with Crippen LogP contribution in [0.3, 0.4) is 0 Å². The predicted octanol–water partition coefficient (Wildman–Crippen LogP) is 1.24. The van der Waals surface area contributed by atoms with Crippen LogP contribution in [0.15, 0.2) is 18.2 Å². The Morgan fingerprint density at radius 1 is 1.25 bits per heavy atom. The zero-order valence-corrected chi connectivity index (χ0v) is 11.9. The van der Waals surface area contributed by atoms with Gasteiger partial charge in [-0.15, -0.1) is 0 Å². The van der Waals surface area contributed by atoms with Crippen LogP contribution in [0, 0.1) is 5.82 Å². The van der Waals surface area contributed by atoms with E-state index in [1.165, 1.54) is 23.7 Å². The van der Waals surface area contributed by atoms with Gasteiger partial charge in [-0.1, -0.05) is 6.07 Å². The minimum absolute atomic E-state index is 0.243. The fourth-order valence-corrected chi connectivity index (χ4v) is 1.90. The van der Waals surface area contributed by atoms with Gasteiger partial charge in [0.25, 0.3) is 5.91 Å². The first-order valence-corrected chi connectivity index (χ1v) is 6.27. The Balaban J connectivity index is 2.28. The number of nitrogens with one attached hydrogen (secondary N) is 1. The molecule has 1 saturated heterocycles. The molecule has 1 fully saturated rings. The van der Waals surface area contributed by atoms with E-state index in [-0.39, 0.29) is 5.56 Å². The van der Waals surface area contributed by atoms with Crippen molar-refractivity contribution in [3.63, 3.8) is 0 Å². The van der Waals surface area contributed by atoms with Crippen molar-refractivity contribution in [3.8, 4) is 0 Å². The number of hydrogen-bond donors (Lipinski definition) is 2. The monoisotopic (exact) mass is 281 g/mol. The Bertz CT molecular complexity index is 531. The number of halogens is 1. The fraction of sp³-hybridized carbons (Fsp3) is 0.462. The molecule has 2 rings (SSSR count). The van der Waals surface area contributed by atoms with Gasteiger partial charge in [-0.05, 0) is 45.3 Å². The maximum absolute atomic E-state index is 13.8. The van der Waals surface area contributed by atoms with Crippen LogP contribution in [0.4, 0.5) is 4.39 Å². The van der Waals surface area contributed by atoms with E-state index in [9.17, 15) is 9.18 Å². The second-order valence-corrected chi connectivity index (χ2v) is 5.77. The van der Waals surface area contributed by atoms with Crippen LogP contribution in [0.5, 0.6) is 0 Å². The van der Waals surface area contributed by atoms with Crippen molar-refractivity contribution in [1.82, 2.24) is 5.48 Å². The lowest BCUT2D eigenvalue weighted by Gasteiger charge is -2.32. The third-order valence-electron chi connectivity index (χ3n) is 3.86. The molecule has 1 heterocycles. The van der Waals surface area contributed by atoms with Gasteiger partial charge in [0.1, 0.15) is 5.82 Å². The molecule has 0 unspecified atom stereocenters. The lowest BCUT2D eigenvalue weighted by Crippen LogP contribution is -2.41. The Kier molecular flexibility index (Phi) is 3.62. The molecule has 0 radical (unpaired) electrons. The lowest BCUT2D eigenvalue weighted by atomic mass is 9.78. The van der Waals surface area contributed by atoms with E-state index in [1.807, 2.05) is 27.7 Å². The molecule has 2 N–H and O–H groups in total. The summed E-state index contributed by atoms with van der Waals surface area (Å²) < 4.78 is 25.4. The van der Waals surface area contributed by atoms with Crippen LogP contribution < -0.4 is 10.9 Å². The first-order valence-electron chi connectivity index (χ1n) is 6.27. The molecule has 0 atom stereocenters. The van der Waals surface area contributed by atoms with Gasteiger partial charge in [-0.25, -0.2) is 9.87 Å². The fourth-order valence-electron chi connectivity index (χ4n) is 1.90. The van der Waals surface area contributed by atoms with Crippen molar-refractivity contribution in [2.45, 2.75) is 38.9 Å². The van der Waals surface area contributed by atoms with Crippen molar-refractivity contribution >= 4 is 18.5 Å². The van der Waals surface area contributed by atoms with Crippen molar-refractivity contribution in [1.29, 1.82) is 0 Å². The highest BCUT2D eigenvalue weighted by Crippen LogP contribution is 2.36. The van der Waals surface area contributed by atoms with E-state index in [0.29, 0.717) is 5.46 Å². The molecule has 108 valence electrons. The Morgan fingerprint density at radius 2 is 1.80 bits per heavy atom. The van der Waals surface area contributed by atoms with Crippen molar-refractivity contribution < 1.29 is 23.7 Å². The molecule has 1 aromatic carbocycles. The molecule has 0 bridgehead atoms. The largest absolute Gasteiger partial charge is 0.494 e. The zero-order valence-electron chi connectivity index (χ0n) is 11.9. The van der Waals surface area contributed by atoms with E-state index >= 15 is 0 Å². The molecule has 0 spiro atoms. The SMILES string of the molecule is CC1(C)OB(c2ccc(C(=O)NO)c(F)c2)OC1(C)C.